The third-order valence-corrected chi connectivity index (χ3v) is 4.66. The van der Waals surface area contributed by atoms with Crippen molar-refractivity contribution in [3.05, 3.63) is 58.4 Å². The van der Waals surface area contributed by atoms with Gasteiger partial charge < -0.3 is 19.9 Å². The summed E-state index contributed by atoms with van der Waals surface area (Å²) in [7, 11) is 4.74. The SMILES string of the molecule is COc1cc(/C=C2\C(C)=C(CN)c3cc(F)ccc32)cc(OC)c1OC. The molecule has 4 nitrogen and oxygen atoms in total. The number of hydrogen-bond acceptors (Lipinski definition) is 4. The van der Waals surface area contributed by atoms with Gasteiger partial charge in [-0.1, -0.05) is 6.07 Å². The van der Waals surface area contributed by atoms with E-state index in [2.05, 4.69) is 0 Å². The molecule has 0 aromatic heterocycles. The van der Waals surface area contributed by atoms with Crippen LogP contribution in [0.1, 0.15) is 23.6 Å². The van der Waals surface area contributed by atoms with E-state index < -0.39 is 0 Å². The number of ether oxygens (including phenoxy) is 3. The smallest absolute Gasteiger partial charge is 0.203 e. The number of hydrogen-bond donors (Lipinski definition) is 1. The highest BCUT2D eigenvalue weighted by molar-refractivity contribution is 6.05. The molecule has 5 heteroatoms. The monoisotopic (exact) mass is 355 g/mol. The van der Waals surface area contributed by atoms with E-state index in [1.807, 2.05) is 25.1 Å². The van der Waals surface area contributed by atoms with E-state index in [-0.39, 0.29) is 5.82 Å². The zero-order valence-corrected chi connectivity index (χ0v) is 15.4. The van der Waals surface area contributed by atoms with Crippen LogP contribution in [0.5, 0.6) is 17.2 Å². The van der Waals surface area contributed by atoms with Crippen LogP contribution in [0, 0.1) is 5.82 Å². The Kier molecular flexibility index (Phi) is 5.00. The molecule has 0 spiro atoms. The number of nitrogens with two attached hydrogens (primary N) is 1. The molecule has 136 valence electrons. The number of benzene rings is 2. The molecule has 2 aromatic carbocycles. The zero-order chi connectivity index (χ0) is 18.8. The molecular weight excluding hydrogens is 333 g/mol. The van der Waals surface area contributed by atoms with Gasteiger partial charge in [0, 0.05) is 6.54 Å². The first-order chi connectivity index (χ1) is 12.5. The molecule has 0 saturated heterocycles. The molecule has 0 bridgehead atoms. The maximum absolute atomic E-state index is 13.7. The van der Waals surface area contributed by atoms with Crippen LogP contribution in [0.4, 0.5) is 4.39 Å². The van der Waals surface area contributed by atoms with Crippen LogP contribution in [0.15, 0.2) is 35.9 Å². The number of rotatable bonds is 5. The zero-order valence-electron chi connectivity index (χ0n) is 15.4. The van der Waals surface area contributed by atoms with E-state index >= 15 is 0 Å². The molecule has 0 atom stereocenters. The third kappa shape index (κ3) is 2.95. The molecular formula is C21H22FNO3. The van der Waals surface area contributed by atoms with E-state index in [4.69, 9.17) is 19.9 Å². The summed E-state index contributed by atoms with van der Waals surface area (Å²) in [5.74, 6) is 1.44. The highest BCUT2D eigenvalue weighted by Gasteiger charge is 2.23. The molecule has 0 radical (unpaired) electrons. The van der Waals surface area contributed by atoms with E-state index in [9.17, 15) is 4.39 Å². The highest BCUT2D eigenvalue weighted by Crippen LogP contribution is 2.44. The molecule has 0 aliphatic heterocycles. The van der Waals surface area contributed by atoms with Crippen molar-refractivity contribution in [2.45, 2.75) is 6.92 Å². The normalized spacial score (nSPS) is 14.6. The second kappa shape index (κ2) is 7.22. The Morgan fingerprint density at radius 1 is 0.962 bits per heavy atom. The standard InChI is InChI=1S/C21H22FNO3/c1-12-16(15-6-5-14(22)10-17(15)18(12)11-23)7-13-8-19(24-2)21(26-4)20(9-13)25-3/h5-10H,11,23H2,1-4H3/b16-7+. The molecule has 0 heterocycles. The van der Waals surface area contributed by atoms with Crippen molar-refractivity contribution in [1.29, 1.82) is 0 Å². The van der Waals surface area contributed by atoms with Crippen LogP contribution >= 0.6 is 0 Å². The molecule has 0 fully saturated rings. The van der Waals surface area contributed by atoms with Crippen molar-refractivity contribution < 1.29 is 18.6 Å². The van der Waals surface area contributed by atoms with Crippen molar-refractivity contribution >= 4 is 17.2 Å². The minimum absolute atomic E-state index is 0.267. The van der Waals surface area contributed by atoms with E-state index in [1.54, 1.807) is 27.4 Å². The summed E-state index contributed by atoms with van der Waals surface area (Å²) in [6.45, 7) is 2.36. The fraction of sp³-hybridized carbons (Fsp3) is 0.238. The molecule has 0 amide bonds. The van der Waals surface area contributed by atoms with Crippen molar-refractivity contribution in [2.75, 3.05) is 27.9 Å². The number of methoxy groups -OCH3 is 3. The van der Waals surface area contributed by atoms with Crippen LogP contribution < -0.4 is 19.9 Å². The molecule has 26 heavy (non-hydrogen) atoms. The average molecular weight is 355 g/mol. The Balaban J connectivity index is 2.18. The van der Waals surface area contributed by atoms with Gasteiger partial charge in [-0.3, -0.25) is 0 Å². The minimum atomic E-state index is -0.267. The van der Waals surface area contributed by atoms with Crippen LogP contribution in [0.3, 0.4) is 0 Å². The first-order valence-corrected chi connectivity index (χ1v) is 8.26. The van der Waals surface area contributed by atoms with Crippen LogP contribution in [0.2, 0.25) is 0 Å². The van der Waals surface area contributed by atoms with Crippen molar-refractivity contribution in [3.8, 4) is 17.2 Å². The maximum Gasteiger partial charge on any atom is 0.203 e. The lowest BCUT2D eigenvalue weighted by atomic mass is 10.00. The molecule has 1 aliphatic rings. The van der Waals surface area contributed by atoms with Crippen molar-refractivity contribution in [1.82, 2.24) is 0 Å². The number of halogens is 1. The predicted octanol–water partition coefficient (Wildman–Crippen LogP) is 4.14. The van der Waals surface area contributed by atoms with E-state index in [0.29, 0.717) is 23.8 Å². The maximum atomic E-state index is 13.7. The number of allylic oxidation sites excluding steroid dienone is 2. The lowest BCUT2D eigenvalue weighted by molar-refractivity contribution is 0.324. The summed E-state index contributed by atoms with van der Waals surface area (Å²) in [6.07, 6.45) is 2.03. The van der Waals surface area contributed by atoms with Gasteiger partial charge in [0.25, 0.3) is 0 Å². The first-order valence-electron chi connectivity index (χ1n) is 8.26. The fourth-order valence-electron chi connectivity index (χ4n) is 3.37. The van der Waals surface area contributed by atoms with Gasteiger partial charge in [0.2, 0.25) is 5.75 Å². The summed E-state index contributed by atoms with van der Waals surface area (Å²) in [5, 5.41) is 0. The molecule has 2 N–H and O–H groups in total. The Labute approximate surface area is 152 Å². The Bertz CT molecular complexity index is 890. The summed E-state index contributed by atoms with van der Waals surface area (Å²) < 4.78 is 29.9. The van der Waals surface area contributed by atoms with Crippen LogP contribution in [-0.4, -0.2) is 27.9 Å². The highest BCUT2D eigenvalue weighted by atomic mass is 19.1. The summed E-state index contributed by atoms with van der Waals surface area (Å²) >= 11 is 0. The number of fused-ring (bicyclic) bond motifs is 1. The summed E-state index contributed by atoms with van der Waals surface area (Å²) in [5.41, 5.74) is 11.6. The van der Waals surface area contributed by atoms with Gasteiger partial charge in [0.05, 0.1) is 21.3 Å². The van der Waals surface area contributed by atoms with Gasteiger partial charge in [-0.15, -0.1) is 0 Å². The van der Waals surface area contributed by atoms with Crippen LogP contribution in [0.25, 0.3) is 17.2 Å². The molecule has 3 rings (SSSR count). The van der Waals surface area contributed by atoms with Gasteiger partial charge in [-0.05, 0) is 70.7 Å². The van der Waals surface area contributed by atoms with Crippen LogP contribution in [-0.2, 0) is 0 Å². The molecule has 2 aromatic rings. The second-order valence-corrected chi connectivity index (χ2v) is 6.01. The molecule has 0 saturated carbocycles. The Morgan fingerprint density at radius 3 is 2.15 bits per heavy atom. The minimum Gasteiger partial charge on any atom is -0.493 e. The van der Waals surface area contributed by atoms with Gasteiger partial charge in [0.1, 0.15) is 5.82 Å². The Morgan fingerprint density at radius 2 is 1.62 bits per heavy atom. The summed E-state index contributed by atoms with van der Waals surface area (Å²) in [6, 6.07) is 8.56. The fourth-order valence-corrected chi connectivity index (χ4v) is 3.37. The lowest BCUT2D eigenvalue weighted by Crippen LogP contribution is -2.02. The van der Waals surface area contributed by atoms with Gasteiger partial charge in [0.15, 0.2) is 11.5 Å². The summed E-state index contributed by atoms with van der Waals surface area (Å²) in [4.78, 5) is 0. The first kappa shape index (κ1) is 18.0. The van der Waals surface area contributed by atoms with Gasteiger partial charge in [-0.2, -0.15) is 0 Å². The van der Waals surface area contributed by atoms with E-state index in [0.717, 1.165) is 33.4 Å². The molecule has 1 aliphatic carbocycles. The quantitative estimate of drug-likeness (QED) is 0.876. The van der Waals surface area contributed by atoms with Gasteiger partial charge in [-0.25, -0.2) is 4.39 Å². The van der Waals surface area contributed by atoms with E-state index in [1.165, 1.54) is 12.1 Å². The third-order valence-electron chi connectivity index (χ3n) is 4.66. The second-order valence-electron chi connectivity index (χ2n) is 6.01. The van der Waals surface area contributed by atoms with Gasteiger partial charge >= 0.3 is 0 Å². The largest absolute Gasteiger partial charge is 0.493 e. The lowest BCUT2D eigenvalue weighted by Gasteiger charge is -2.13. The average Bonchev–Trinajstić information content (AvgIpc) is 2.91. The van der Waals surface area contributed by atoms with Crippen molar-refractivity contribution in [2.24, 2.45) is 5.73 Å². The predicted molar refractivity (Wildman–Crippen MR) is 102 cm³/mol. The van der Waals surface area contributed by atoms with Crippen molar-refractivity contribution in [3.63, 3.8) is 0 Å². The molecule has 0 unspecified atom stereocenters. The topological polar surface area (TPSA) is 53.7 Å². The Hall–Kier alpha value is -2.79.